The van der Waals surface area contributed by atoms with E-state index in [2.05, 4.69) is 5.32 Å². The summed E-state index contributed by atoms with van der Waals surface area (Å²) < 4.78 is 55.4. The number of hydrogen-bond donors (Lipinski definition) is 1. The van der Waals surface area contributed by atoms with Crippen LogP contribution >= 0.6 is 0 Å². The molecular formula is C25H22F3NO5. The predicted octanol–water partition coefficient (Wildman–Crippen LogP) is 4.08. The summed E-state index contributed by atoms with van der Waals surface area (Å²) in [5, 5.41) is 3.43. The van der Waals surface area contributed by atoms with Crippen LogP contribution in [0.3, 0.4) is 0 Å². The quantitative estimate of drug-likeness (QED) is 0.392. The Balaban J connectivity index is 1.71. The first-order valence-electron chi connectivity index (χ1n) is 10.5. The fourth-order valence-electron chi connectivity index (χ4n) is 4.44. The Morgan fingerprint density at radius 1 is 1.00 bits per heavy atom. The van der Waals surface area contributed by atoms with Gasteiger partial charge >= 0.3 is 6.18 Å². The SMILES string of the molecule is O=COCC1=C(COC=O)C2(C(Cc3ccc(C(F)(F)F)cc3)Nc3ccccc3)C=CC1O2. The molecule has 34 heavy (non-hydrogen) atoms. The average Bonchev–Trinajstić information content (AvgIpc) is 3.39. The summed E-state index contributed by atoms with van der Waals surface area (Å²) in [4.78, 5) is 21.8. The van der Waals surface area contributed by atoms with Gasteiger partial charge in [-0.15, -0.1) is 0 Å². The zero-order valence-electron chi connectivity index (χ0n) is 18.0. The van der Waals surface area contributed by atoms with Gasteiger partial charge in [-0.2, -0.15) is 13.2 Å². The smallest absolute Gasteiger partial charge is 0.416 e. The van der Waals surface area contributed by atoms with Crippen molar-refractivity contribution in [2.75, 3.05) is 18.5 Å². The Kier molecular flexibility index (Phi) is 6.74. The Hall–Kier alpha value is -3.59. The van der Waals surface area contributed by atoms with Gasteiger partial charge in [-0.1, -0.05) is 36.4 Å². The van der Waals surface area contributed by atoms with Crippen LogP contribution in [0.4, 0.5) is 18.9 Å². The summed E-state index contributed by atoms with van der Waals surface area (Å²) in [6.07, 6.45) is -0.907. The van der Waals surface area contributed by atoms with Gasteiger partial charge in [0.25, 0.3) is 12.9 Å². The van der Waals surface area contributed by atoms with Crippen LogP contribution in [0.25, 0.3) is 0 Å². The molecule has 6 nitrogen and oxygen atoms in total. The van der Waals surface area contributed by atoms with E-state index in [1.807, 2.05) is 42.5 Å². The molecule has 2 aliphatic rings. The maximum absolute atomic E-state index is 13.0. The van der Waals surface area contributed by atoms with Crippen LogP contribution < -0.4 is 5.32 Å². The van der Waals surface area contributed by atoms with Crippen LogP contribution in [0.15, 0.2) is 77.9 Å². The Morgan fingerprint density at radius 3 is 2.32 bits per heavy atom. The van der Waals surface area contributed by atoms with Crippen molar-refractivity contribution >= 4 is 18.6 Å². The molecule has 2 aromatic carbocycles. The van der Waals surface area contributed by atoms with Crippen molar-refractivity contribution in [3.05, 3.63) is 89.0 Å². The van der Waals surface area contributed by atoms with E-state index in [0.717, 1.165) is 17.8 Å². The van der Waals surface area contributed by atoms with Crippen molar-refractivity contribution in [3.63, 3.8) is 0 Å². The number of para-hydroxylation sites is 1. The number of halogens is 3. The van der Waals surface area contributed by atoms with E-state index >= 15 is 0 Å². The van der Waals surface area contributed by atoms with E-state index in [1.54, 1.807) is 0 Å². The lowest BCUT2D eigenvalue weighted by Gasteiger charge is -2.37. The Morgan fingerprint density at radius 2 is 1.68 bits per heavy atom. The third-order valence-electron chi connectivity index (χ3n) is 6.00. The molecule has 0 spiro atoms. The van der Waals surface area contributed by atoms with Gasteiger partial charge in [0.2, 0.25) is 0 Å². The van der Waals surface area contributed by atoms with Crippen LogP contribution in [-0.4, -0.2) is 43.9 Å². The van der Waals surface area contributed by atoms with Gasteiger partial charge in [-0.05, 0) is 42.3 Å². The molecule has 0 aromatic heterocycles. The Bertz CT molecular complexity index is 1080. The monoisotopic (exact) mass is 473 g/mol. The number of anilines is 1. The second kappa shape index (κ2) is 9.72. The first kappa shape index (κ1) is 23.6. The minimum Gasteiger partial charge on any atom is -0.463 e. The highest BCUT2D eigenvalue weighted by Gasteiger charge is 2.53. The lowest BCUT2D eigenvalue weighted by Crippen LogP contribution is -2.48. The molecule has 1 N–H and O–H groups in total. The number of benzene rings is 2. The fraction of sp³-hybridized carbons (Fsp3) is 0.280. The van der Waals surface area contributed by atoms with Crippen LogP contribution in [0.2, 0.25) is 0 Å². The minimum absolute atomic E-state index is 0.0316. The lowest BCUT2D eigenvalue weighted by molar-refractivity contribution is -0.137. The highest BCUT2D eigenvalue weighted by atomic mass is 19.4. The Labute approximate surface area is 194 Å². The van der Waals surface area contributed by atoms with Gasteiger partial charge in [0.15, 0.2) is 0 Å². The summed E-state index contributed by atoms with van der Waals surface area (Å²) in [5.74, 6) is 0. The van der Waals surface area contributed by atoms with Gasteiger partial charge in [0.1, 0.15) is 24.9 Å². The number of fused-ring (bicyclic) bond motifs is 2. The molecule has 9 heteroatoms. The highest BCUT2D eigenvalue weighted by molar-refractivity contribution is 5.54. The van der Waals surface area contributed by atoms with Crippen molar-refractivity contribution in [1.29, 1.82) is 0 Å². The van der Waals surface area contributed by atoms with Gasteiger partial charge < -0.3 is 19.5 Å². The highest BCUT2D eigenvalue weighted by Crippen LogP contribution is 2.47. The van der Waals surface area contributed by atoms with Crippen LogP contribution in [0.1, 0.15) is 11.1 Å². The van der Waals surface area contributed by atoms with Crippen molar-refractivity contribution in [2.45, 2.75) is 30.3 Å². The molecule has 178 valence electrons. The first-order chi connectivity index (χ1) is 16.4. The molecule has 0 saturated heterocycles. The van der Waals surface area contributed by atoms with Crippen molar-refractivity contribution in [3.8, 4) is 0 Å². The van der Waals surface area contributed by atoms with Crippen molar-refractivity contribution in [1.82, 2.24) is 0 Å². The van der Waals surface area contributed by atoms with Gasteiger partial charge in [-0.25, -0.2) is 0 Å². The maximum atomic E-state index is 13.0. The number of hydrogen-bond acceptors (Lipinski definition) is 6. The molecule has 4 rings (SSSR count). The third-order valence-corrected chi connectivity index (χ3v) is 6.00. The van der Waals surface area contributed by atoms with Crippen molar-refractivity contribution in [2.24, 2.45) is 0 Å². The van der Waals surface area contributed by atoms with Crippen molar-refractivity contribution < 1.29 is 37.0 Å². The summed E-state index contributed by atoms with van der Waals surface area (Å²) in [6, 6.07) is 13.8. The van der Waals surface area contributed by atoms with E-state index < -0.39 is 29.5 Å². The lowest BCUT2D eigenvalue weighted by atomic mass is 9.79. The molecule has 3 unspecified atom stereocenters. The number of rotatable bonds is 11. The van der Waals surface area contributed by atoms with Crippen LogP contribution in [0, 0.1) is 0 Å². The van der Waals surface area contributed by atoms with Crippen LogP contribution in [-0.2, 0) is 36.4 Å². The van der Waals surface area contributed by atoms with E-state index in [1.165, 1.54) is 12.1 Å². The predicted molar refractivity (Wildman–Crippen MR) is 117 cm³/mol. The average molecular weight is 473 g/mol. The normalized spacial score (nSPS) is 21.9. The molecule has 2 aliphatic heterocycles. The number of ether oxygens (including phenoxy) is 3. The van der Waals surface area contributed by atoms with Gasteiger partial charge in [0, 0.05) is 16.8 Å². The summed E-state index contributed by atoms with van der Waals surface area (Å²) >= 11 is 0. The van der Waals surface area contributed by atoms with Gasteiger partial charge in [-0.3, -0.25) is 9.59 Å². The molecule has 0 radical (unpaired) electrons. The third kappa shape index (κ3) is 4.70. The summed E-state index contributed by atoms with van der Waals surface area (Å²) in [5.41, 5.74) is 0.951. The van der Waals surface area contributed by atoms with E-state index in [4.69, 9.17) is 14.2 Å². The molecule has 0 saturated carbocycles. The second-order valence-corrected chi connectivity index (χ2v) is 7.97. The minimum atomic E-state index is -4.43. The van der Waals surface area contributed by atoms with E-state index in [0.29, 0.717) is 36.1 Å². The summed E-state index contributed by atoms with van der Waals surface area (Å²) in [6.45, 7) is 0.539. The zero-order chi connectivity index (χ0) is 24.2. The first-order valence-corrected chi connectivity index (χ1v) is 10.5. The maximum Gasteiger partial charge on any atom is 0.416 e. The molecule has 2 heterocycles. The zero-order valence-corrected chi connectivity index (χ0v) is 18.0. The number of carbonyl (C=O) groups is 2. The second-order valence-electron chi connectivity index (χ2n) is 7.97. The molecule has 0 aliphatic carbocycles. The molecule has 0 fully saturated rings. The summed E-state index contributed by atoms with van der Waals surface area (Å²) in [7, 11) is 0. The molecule has 3 atom stereocenters. The van der Waals surface area contributed by atoms with Crippen LogP contribution in [0.5, 0.6) is 0 Å². The van der Waals surface area contributed by atoms with Gasteiger partial charge in [0.05, 0.1) is 11.6 Å². The largest absolute Gasteiger partial charge is 0.463 e. The molecule has 2 aromatic rings. The number of carbonyl (C=O) groups excluding carboxylic acids is 2. The molecule has 2 bridgehead atoms. The number of alkyl halides is 3. The van der Waals surface area contributed by atoms with E-state index in [-0.39, 0.29) is 13.2 Å². The standard InChI is InChI=1S/C25H22F3NO5/c26-25(27,28)18-8-6-17(7-9-18)12-23(29-19-4-2-1-3-5-19)24-11-10-22(34-24)20(13-32-15-30)21(24)14-33-16-31/h1-11,15-16,22-23,29H,12-14H2. The molecular weight excluding hydrogens is 451 g/mol. The topological polar surface area (TPSA) is 73.9 Å². The fourth-order valence-corrected chi connectivity index (χ4v) is 4.44. The van der Waals surface area contributed by atoms with E-state index in [9.17, 15) is 22.8 Å². The molecule has 0 amide bonds. The number of nitrogens with one attached hydrogen (secondary N) is 1.